The number of rotatable bonds is 4. The fourth-order valence-corrected chi connectivity index (χ4v) is 4.34. The summed E-state index contributed by atoms with van der Waals surface area (Å²) in [6.45, 7) is 7.56. The molecule has 2 amide bonds. The van der Waals surface area contributed by atoms with Crippen molar-refractivity contribution in [1.29, 1.82) is 0 Å². The van der Waals surface area contributed by atoms with Crippen LogP contribution in [0.4, 0.5) is 5.69 Å². The number of anilines is 1. The van der Waals surface area contributed by atoms with E-state index in [4.69, 9.17) is 17.0 Å². The summed E-state index contributed by atoms with van der Waals surface area (Å²) < 4.78 is 7.96. The van der Waals surface area contributed by atoms with Gasteiger partial charge >= 0.3 is 0 Å². The van der Waals surface area contributed by atoms with Gasteiger partial charge in [-0.25, -0.2) is 0 Å². The second kappa shape index (κ2) is 8.16. The lowest BCUT2D eigenvalue weighted by atomic mass is 10.1. The topological polar surface area (TPSA) is 63.6 Å². The molecule has 30 heavy (non-hydrogen) atoms. The number of thiocarbonyl (C=S) groups is 1. The van der Waals surface area contributed by atoms with Gasteiger partial charge in [0.25, 0.3) is 11.8 Å². The van der Waals surface area contributed by atoms with E-state index in [1.54, 1.807) is 12.1 Å². The molecule has 1 atom stereocenters. The van der Waals surface area contributed by atoms with Crippen LogP contribution in [0, 0.1) is 20.8 Å². The molecule has 2 saturated heterocycles. The second-order valence-electron chi connectivity index (χ2n) is 7.87. The van der Waals surface area contributed by atoms with Gasteiger partial charge in [-0.3, -0.25) is 19.8 Å². The molecular weight excluding hydrogens is 398 g/mol. The van der Waals surface area contributed by atoms with Gasteiger partial charge in [0, 0.05) is 24.5 Å². The van der Waals surface area contributed by atoms with Crippen LogP contribution in [0.3, 0.4) is 0 Å². The molecule has 1 N–H and O–H groups in total. The first-order valence-corrected chi connectivity index (χ1v) is 10.5. The Morgan fingerprint density at radius 2 is 2.03 bits per heavy atom. The third kappa shape index (κ3) is 3.82. The number of amides is 2. The predicted molar refractivity (Wildman–Crippen MR) is 120 cm³/mol. The zero-order chi connectivity index (χ0) is 21.4. The Bertz CT molecular complexity index is 1060. The highest BCUT2D eigenvalue weighted by atomic mass is 32.1. The highest BCUT2D eigenvalue weighted by Crippen LogP contribution is 2.26. The van der Waals surface area contributed by atoms with Crippen LogP contribution in [0.1, 0.15) is 35.4 Å². The minimum absolute atomic E-state index is 0.0717. The van der Waals surface area contributed by atoms with Crippen molar-refractivity contribution in [2.45, 2.75) is 46.3 Å². The number of hydrogen-bond donors (Lipinski definition) is 1. The molecule has 0 bridgehead atoms. The lowest BCUT2D eigenvalue weighted by molar-refractivity contribution is -0.122. The van der Waals surface area contributed by atoms with E-state index in [-0.39, 0.29) is 16.8 Å². The Morgan fingerprint density at radius 1 is 1.23 bits per heavy atom. The third-order valence-corrected chi connectivity index (χ3v) is 5.97. The van der Waals surface area contributed by atoms with Crippen LogP contribution < -0.4 is 10.2 Å². The highest BCUT2D eigenvalue weighted by Gasteiger charge is 2.34. The van der Waals surface area contributed by atoms with Gasteiger partial charge in [-0.1, -0.05) is 12.1 Å². The normalized spacial score (nSPS) is 20.9. The SMILES string of the molecule is Cc1cccc(N2C(=O)/C(=C/c3cc(C)n(C[C@@H]4CCCO4)c3C)C(=O)NC2=S)c1. The van der Waals surface area contributed by atoms with E-state index in [1.165, 1.54) is 4.90 Å². The predicted octanol–water partition coefficient (Wildman–Crippen LogP) is 3.42. The highest BCUT2D eigenvalue weighted by molar-refractivity contribution is 7.80. The minimum Gasteiger partial charge on any atom is -0.376 e. The van der Waals surface area contributed by atoms with Crippen LogP contribution in [-0.2, 0) is 20.9 Å². The van der Waals surface area contributed by atoms with Crippen molar-refractivity contribution in [3.8, 4) is 0 Å². The molecule has 156 valence electrons. The Kier molecular flexibility index (Phi) is 5.58. The number of carbonyl (C=O) groups excluding carboxylic acids is 2. The van der Waals surface area contributed by atoms with Gasteiger partial charge in [0.15, 0.2) is 5.11 Å². The number of hydrogen-bond acceptors (Lipinski definition) is 4. The molecule has 2 aliphatic rings. The molecule has 0 spiro atoms. The van der Waals surface area contributed by atoms with Gasteiger partial charge < -0.3 is 9.30 Å². The summed E-state index contributed by atoms with van der Waals surface area (Å²) >= 11 is 5.28. The average molecular weight is 424 g/mol. The maximum atomic E-state index is 13.2. The summed E-state index contributed by atoms with van der Waals surface area (Å²) in [4.78, 5) is 27.2. The lowest BCUT2D eigenvalue weighted by Crippen LogP contribution is -2.54. The minimum atomic E-state index is -0.474. The van der Waals surface area contributed by atoms with Crippen molar-refractivity contribution in [3.63, 3.8) is 0 Å². The monoisotopic (exact) mass is 423 g/mol. The molecule has 1 aromatic heterocycles. The number of nitrogens with zero attached hydrogens (tertiary/aromatic N) is 2. The Hall–Kier alpha value is -2.77. The summed E-state index contributed by atoms with van der Waals surface area (Å²) in [7, 11) is 0. The van der Waals surface area contributed by atoms with Crippen molar-refractivity contribution in [3.05, 3.63) is 58.4 Å². The molecule has 7 heteroatoms. The van der Waals surface area contributed by atoms with E-state index in [0.29, 0.717) is 5.69 Å². The van der Waals surface area contributed by atoms with Gasteiger partial charge in [0.1, 0.15) is 5.57 Å². The van der Waals surface area contributed by atoms with Gasteiger partial charge in [-0.15, -0.1) is 0 Å². The van der Waals surface area contributed by atoms with Crippen LogP contribution in [0.15, 0.2) is 35.9 Å². The molecule has 1 aromatic carbocycles. The average Bonchev–Trinajstić information content (AvgIpc) is 3.29. The first-order valence-electron chi connectivity index (χ1n) is 10.1. The maximum absolute atomic E-state index is 13.2. The van der Waals surface area contributed by atoms with E-state index in [2.05, 4.69) is 9.88 Å². The van der Waals surface area contributed by atoms with E-state index < -0.39 is 11.8 Å². The number of ether oxygens (including phenoxy) is 1. The number of aromatic nitrogens is 1. The smallest absolute Gasteiger partial charge is 0.270 e. The van der Waals surface area contributed by atoms with Gasteiger partial charge in [0.2, 0.25) is 0 Å². The number of nitrogens with one attached hydrogen (secondary N) is 1. The van der Waals surface area contributed by atoms with E-state index >= 15 is 0 Å². The van der Waals surface area contributed by atoms with Crippen molar-refractivity contribution in [1.82, 2.24) is 9.88 Å². The van der Waals surface area contributed by atoms with Crippen LogP contribution in [-0.4, -0.2) is 34.2 Å². The number of benzene rings is 1. The zero-order valence-electron chi connectivity index (χ0n) is 17.4. The molecule has 0 radical (unpaired) electrons. The summed E-state index contributed by atoms with van der Waals surface area (Å²) in [6, 6.07) is 9.48. The standard InChI is InChI=1S/C23H25N3O3S/c1-14-6-4-7-18(10-14)26-22(28)20(21(27)24-23(26)30)12-17-11-15(2)25(16(17)3)13-19-8-5-9-29-19/h4,6-7,10-12,19H,5,8-9,13H2,1-3H3,(H,24,27,30)/b20-12+/t19-/m0/s1. The Labute approximate surface area is 181 Å². The molecule has 3 heterocycles. The fraction of sp³-hybridized carbons (Fsp3) is 0.348. The van der Waals surface area contributed by atoms with Crippen LogP contribution >= 0.6 is 12.2 Å². The van der Waals surface area contributed by atoms with Crippen molar-refractivity contribution >= 4 is 40.9 Å². The largest absolute Gasteiger partial charge is 0.376 e. The van der Waals surface area contributed by atoms with Gasteiger partial charge in [0.05, 0.1) is 11.8 Å². The summed E-state index contributed by atoms with van der Waals surface area (Å²) in [6.07, 6.45) is 4.02. The Morgan fingerprint density at radius 3 is 2.73 bits per heavy atom. The molecule has 2 aliphatic heterocycles. The van der Waals surface area contributed by atoms with Crippen LogP contribution in [0.2, 0.25) is 0 Å². The van der Waals surface area contributed by atoms with Crippen molar-refractivity contribution in [2.75, 3.05) is 11.5 Å². The van der Waals surface area contributed by atoms with Crippen molar-refractivity contribution in [2.24, 2.45) is 0 Å². The molecular formula is C23H25N3O3S. The molecule has 0 aliphatic carbocycles. The third-order valence-electron chi connectivity index (χ3n) is 5.68. The summed E-state index contributed by atoms with van der Waals surface area (Å²) in [5.74, 6) is -0.892. The maximum Gasteiger partial charge on any atom is 0.270 e. The second-order valence-corrected chi connectivity index (χ2v) is 8.26. The summed E-state index contributed by atoms with van der Waals surface area (Å²) in [5.41, 5.74) is 4.64. The van der Waals surface area contributed by atoms with E-state index in [9.17, 15) is 9.59 Å². The fourth-order valence-electron chi connectivity index (χ4n) is 4.06. The Balaban J connectivity index is 1.67. The van der Waals surface area contributed by atoms with E-state index in [1.807, 2.05) is 45.0 Å². The molecule has 0 saturated carbocycles. The quantitative estimate of drug-likeness (QED) is 0.465. The molecule has 0 unspecified atom stereocenters. The first kappa shape index (κ1) is 20.5. The molecule has 6 nitrogen and oxygen atoms in total. The lowest BCUT2D eigenvalue weighted by Gasteiger charge is -2.29. The molecule has 2 fully saturated rings. The number of aryl methyl sites for hydroxylation is 2. The van der Waals surface area contributed by atoms with Crippen LogP contribution in [0.25, 0.3) is 6.08 Å². The molecule has 2 aromatic rings. The molecule has 4 rings (SSSR count). The number of carbonyl (C=O) groups is 2. The van der Waals surface area contributed by atoms with Crippen molar-refractivity contribution < 1.29 is 14.3 Å². The zero-order valence-corrected chi connectivity index (χ0v) is 18.2. The van der Waals surface area contributed by atoms with Gasteiger partial charge in [-0.05, 0) is 81.2 Å². The van der Waals surface area contributed by atoms with Crippen LogP contribution in [0.5, 0.6) is 0 Å². The first-order chi connectivity index (χ1) is 14.3. The summed E-state index contributed by atoms with van der Waals surface area (Å²) in [5, 5.41) is 2.74. The van der Waals surface area contributed by atoms with Gasteiger partial charge in [-0.2, -0.15) is 0 Å². The van der Waals surface area contributed by atoms with E-state index in [0.717, 1.165) is 48.5 Å².